The van der Waals surface area contributed by atoms with Crippen molar-refractivity contribution in [1.82, 2.24) is 0 Å². The van der Waals surface area contributed by atoms with Gasteiger partial charge in [-0.05, 0) is 5.92 Å². The molecule has 4 nitrogen and oxygen atoms in total. The highest BCUT2D eigenvalue weighted by Gasteiger charge is 1.94. The van der Waals surface area contributed by atoms with E-state index in [-0.39, 0.29) is 6.61 Å². The van der Waals surface area contributed by atoms with E-state index in [1.54, 1.807) is 0 Å². The highest BCUT2D eigenvalue weighted by molar-refractivity contribution is 7.32. The third-order valence-electron chi connectivity index (χ3n) is 0.904. The Morgan fingerprint density at radius 2 is 2.09 bits per heavy atom. The van der Waals surface area contributed by atoms with E-state index in [2.05, 4.69) is 4.52 Å². The van der Waals surface area contributed by atoms with E-state index < -0.39 is 8.25 Å². The van der Waals surface area contributed by atoms with E-state index in [4.69, 9.17) is 9.63 Å². The maximum atomic E-state index is 10.0. The van der Waals surface area contributed by atoms with Crippen LogP contribution in [0.15, 0.2) is 0 Å². The van der Waals surface area contributed by atoms with Crippen LogP contribution in [-0.2, 0) is 13.8 Å². The Kier molecular flexibility index (Phi) is 6.87. The van der Waals surface area contributed by atoms with E-state index in [1.165, 1.54) is 0 Å². The molecule has 0 spiro atoms. The predicted octanol–water partition coefficient (Wildman–Crippen LogP) is 1.06. The molecule has 68 valence electrons. The van der Waals surface area contributed by atoms with Crippen LogP contribution in [0.2, 0.25) is 0 Å². The quantitative estimate of drug-likeness (QED) is 0.493. The van der Waals surface area contributed by atoms with Crippen molar-refractivity contribution in [3.8, 4) is 0 Å². The summed E-state index contributed by atoms with van der Waals surface area (Å²) in [6.45, 7) is 5.32. The molecule has 1 unspecified atom stereocenters. The monoisotopic (exact) mass is 182 g/mol. The molecule has 0 amide bonds. The maximum absolute atomic E-state index is 10.0. The van der Waals surface area contributed by atoms with E-state index >= 15 is 0 Å². The van der Waals surface area contributed by atoms with Gasteiger partial charge in [-0.3, -0.25) is 4.57 Å². The Labute approximate surface area is 67.5 Å². The molecule has 0 heterocycles. The first-order valence-corrected chi connectivity index (χ1v) is 4.82. The summed E-state index contributed by atoms with van der Waals surface area (Å²) in [4.78, 5) is 8.23. The van der Waals surface area contributed by atoms with Gasteiger partial charge >= 0.3 is 8.25 Å². The molecule has 11 heavy (non-hydrogen) atoms. The van der Waals surface area contributed by atoms with Crippen molar-refractivity contribution in [2.45, 2.75) is 13.8 Å². The topological polar surface area (TPSA) is 55.8 Å². The largest absolute Gasteiger partial charge is 0.379 e. The fraction of sp³-hybridized carbons (Fsp3) is 1.00. The van der Waals surface area contributed by atoms with Gasteiger partial charge in [0.15, 0.2) is 0 Å². The molecule has 0 saturated carbocycles. The van der Waals surface area contributed by atoms with Crippen LogP contribution in [0.1, 0.15) is 13.8 Å². The molecule has 0 saturated heterocycles. The normalized spacial score (nSPS) is 13.8. The van der Waals surface area contributed by atoms with Crippen LogP contribution in [0.25, 0.3) is 0 Å². The van der Waals surface area contributed by atoms with Gasteiger partial charge in [-0.1, -0.05) is 13.8 Å². The van der Waals surface area contributed by atoms with Crippen LogP contribution in [0.5, 0.6) is 0 Å². The summed E-state index contributed by atoms with van der Waals surface area (Å²) in [7, 11) is -2.77. The lowest BCUT2D eigenvalue weighted by Gasteiger charge is -2.05. The average molecular weight is 182 g/mol. The fourth-order valence-electron chi connectivity index (χ4n) is 0.507. The summed E-state index contributed by atoms with van der Waals surface area (Å²) in [5.74, 6) is 0.487. The molecule has 0 rings (SSSR count). The van der Waals surface area contributed by atoms with Crippen molar-refractivity contribution in [2.24, 2.45) is 5.92 Å². The van der Waals surface area contributed by atoms with E-state index in [0.717, 1.165) is 0 Å². The summed E-state index contributed by atoms with van der Waals surface area (Å²) in [5, 5.41) is 0. The second-order valence-corrected chi connectivity index (χ2v) is 3.40. The molecule has 0 aromatic rings. The number of rotatable bonds is 6. The lowest BCUT2D eigenvalue weighted by molar-refractivity contribution is 0.0807. The minimum Gasteiger partial charge on any atom is -0.379 e. The van der Waals surface area contributed by atoms with Gasteiger partial charge in [-0.25, -0.2) is 0 Å². The van der Waals surface area contributed by atoms with Gasteiger partial charge in [-0.2, -0.15) is 0 Å². The highest BCUT2D eigenvalue weighted by atomic mass is 31.1. The first kappa shape index (κ1) is 11.1. The van der Waals surface area contributed by atoms with Gasteiger partial charge in [0.05, 0.1) is 13.2 Å². The first-order chi connectivity index (χ1) is 5.13. The third kappa shape index (κ3) is 10.1. The Balaban J connectivity index is 2.97. The number of hydrogen-bond acceptors (Lipinski definition) is 3. The minimum absolute atomic E-state index is 0.195. The second-order valence-electron chi connectivity index (χ2n) is 2.58. The SMILES string of the molecule is CC(C)COCCO[PH](=O)O. The van der Waals surface area contributed by atoms with Crippen LogP contribution in [0.4, 0.5) is 0 Å². The van der Waals surface area contributed by atoms with Gasteiger partial charge in [0.2, 0.25) is 0 Å². The zero-order chi connectivity index (χ0) is 8.69. The Morgan fingerprint density at radius 3 is 2.55 bits per heavy atom. The van der Waals surface area contributed by atoms with Crippen molar-refractivity contribution in [3.05, 3.63) is 0 Å². The summed E-state index contributed by atoms with van der Waals surface area (Å²) >= 11 is 0. The fourth-order valence-corrected chi connectivity index (χ4v) is 0.765. The first-order valence-electron chi connectivity index (χ1n) is 3.56. The van der Waals surface area contributed by atoms with Crippen molar-refractivity contribution in [1.29, 1.82) is 0 Å². The van der Waals surface area contributed by atoms with Gasteiger partial charge in [0.1, 0.15) is 0 Å². The van der Waals surface area contributed by atoms with E-state index in [9.17, 15) is 4.57 Å². The van der Waals surface area contributed by atoms with Crippen LogP contribution in [-0.4, -0.2) is 24.7 Å². The maximum Gasteiger partial charge on any atom is 0.316 e. The smallest absolute Gasteiger partial charge is 0.316 e. The second kappa shape index (κ2) is 6.80. The minimum atomic E-state index is -2.77. The molecule has 1 atom stereocenters. The lowest BCUT2D eigenvalue weighted by atomic mass is 10.2. The molecule has 0 bridgehead atoms. The zero-order valence-electron chi connectivity index (χ0n) is 6.87. The van der Waals surface area contributed by atoms with Crippen LogP contribution in [0.3, 0.4) is 0 Å². The van der Waals surface area contributed by atoms with Gasteiger partial charge < -0.3 is 14.2 Å². The molecule has 0 fully saturated rings. The van der Waals surface area contributed by atoms with Gasteiger partial charge in [0, 0.05) is 6.61 Å². The molecule has 0 radical (unpaired) electrons. The van der Waals surface area contributed by atoms with Crippen molar-refractivity contribution in [2.75, 3.05) is 19.8 Å². The molecule has 1 N–H and O–H groups in total. The van der Waals surface area contributed by atoms with Gasteiger partial charge in [-0.15, -0.1) is 0 Å². The number of ether oxygens (including phenoxy) is 1. The summed E-state index contributed by atoms with van der Waals surface area (Å²) < 4.78 is 19.5. The molecule has 0 aliphatic rings. The van der Waals surface area contributed by atoms with E-state index in [1.807, 2.05) is 13.8 Å². The van der Waals surface area contributed by atoms with Crippen molar-refractivity contribution >= 4 is 8.25 Å². The Hall–Kier alpha value is 0.110. The summed E-state index contributed by atoms with van der Waals surface area (Å²) in [6, 6.07) is 0. The van der Waals surface area contributed by atoms with Crippen LogP contribution in [0, 0.1) is 5.92 Å². The van der Waals surface area contributed by atoms with Gasteiger partial charge in [0.25, 0.3) is 0 Å². The van der Waals surface area contributed by atoms with Crippen molar-refractivity contribution in [3.63, 3.8) is 0 Å². The molecular weight excluding hydrogens is 167 g/mol. The Morgan fingerprint density at radius 1 is 1.45 bits per heavy atom. The third-order valence-corrected chi connectivity index (χ3v) is 1.36. The molecule has 0 aliphatic carbocycles. The van der Waals surface area contributed by atoms with Crippen LogP contribution < -0.4 is 0 Å². The molecule has 5 heteroatoms. The molecule has 0 aromatic heterocycles. The average Bonchev–Trinajstić information content (AvgIpc) is 1.85. The van der Waals surface area contributed by atoms with Crippen molar-refractivity contribution < 1.29 is 18.7 Å². The predicted molar refractivity (Wildman–Crippen MR) is 42.8 cm³/mol. The molecule has 0 aromatic carbocycles. The summed E-state index contributed by atoms with van der Waals surface area (Å²) in [5.41, 5.74) is 0. The standard InChI is InChI=1S/C6H15O4P/c1-6(2)5-9-3-4-10-11(7)8/h6,11H,3-5H2,1-2H3,(H,7,8). The Bertz CT molecular complexity index is 115. The number of hydrogen-bond donors (Lipinski definition) is 1. The zero-order valence-corrected chi connectivity index (χ0v) is 7.87. The highest BCUT2D eigenvalue weighted by Crippen LogP contribution is 2.12. The molecule has 0 aliphatic heterocycles. The lowest BCUT2D eigenvalue weighted by Crippen LogP contribution is -2.06. The molecular formula is C6H15O4P. The van der Waals surface area contributed by atoms with Crippen LogP contribution >= 0.6 is 8.25 Å². The van der Waals surface area contributed by atoms with E-state index in [0.29, 0.717) is 19.1 Å². The summed E-state index contributed by atoms with van der Waals surface area (Å²) in [6.07, 6.45) is 0.